The summed E-state index contributed by atoms with van der Waals surface area (Å²) in [6, 6.07) is 0. The highest BCUT2D eigenvalue weighted by atomic mass is 16.1. The monoisotopic (exact) mass is 182 g/mol. The topological polar surface area (TPSA) is 32.3 Å². The molecule has 1 heterocycles. The van der Waals surface area contributed by atoms with Gasteiger partial charge in [0.05, 0.1) is 0 Å². The maximum Gasteiger partial charge on any atom is 0.207 e. The number of nitrogens with one attached hydrogen (secondary N) is 1. The number of nitrogens with zero attached hydrogens (tertiary/aromatic N) is 1. The van der Waals surface area contributed by atoms with Crippen LogP contribution < -0.4 is 5.32 Å². The molecule has 1 aliphatic heterocycles. The highest BCUT2D eigenvalue weighted by molar-refractivity contribution is 5.46. The number of amides is 1. The van der Waals surface area contributed by atoms with Gasteiger partial charge in [-0.3, -0.25) is 4.79 Å². The second-order valence-electron chi connectivity index (χ2n) is 4.48. The molecule has 2 aliphatic rings. The van der Waals surface area contributed by atoms with Crippen molar-refractivity contribution in [3.63, 3.8) is 0 Å². The summed E-state index contributed by atoms with van der Waals surface area (Å²) in [4.78, 5) is 12.7. The molecule has 2 rings (SSSR count). The fourth-order valence-electron chi connectivity index (χ4n) is 2.24. The van der Waals surface area contributed by atoms with E-state index in [1.165, 1.54) is 45.3 Å². The molecule has 0 atom stereocenters. The van der Waals surface area contributed by atoms with E-state index in [4.69, 9.17) is 0 Å². The van der Waals surface area contributed by atoms with E-state index in [9.17, 15) is 4.79 Å². The Hall–Kier alpha value is -0.570. The van der Waals surface area contributed by atoms with Crippen molar-refractivity contribution >= 4 is 6.41 Å². The summed E-state index contributed by atoms with van der Waals surface area (Å²) in [5.41, 5.74) is 0.450. The summed E-state index contributed by atoms with van der Waals surface area (Å²) in [5, 5.41) is 2.82. The first-order chi connectivity index (χ1) is 6.35. The second kappa shape index (κ2) is 3.66. The van der Waals surface area contributed by atoms with Crippen molar-refractivity contribution in [1.82, 2.24) is 10.2 Å². The molecule has 0 spiro atoms. The third-order valence-corrected chi connectivity index (χ3v) is 3.28. The smallest absolute Gasteiger partial charge is 0.207 e. The van der Waals surface area contributed by atoms with Gasteiger partial charge in [0.15, 0.2) is 0 Å². The van der Waals surface area contributed by atoms with Crippen LogP contribution in [0.5, 0.6) is 0 Å². The molecule has 1 N–H and O–H groups in total. The van der Waals surface area contributed by atoms with E-state index in [0.717, 1.165) is 13.0 Å². The highest BCUT2D eigenvalue weighted by Crippen LogP contribution is 2.45. The van der Waals surface area contributed by atoms with Crippen LogP contribution in [-0.4, -0.2) is 37.5 Å². The van der Waals surface area contributed by atoms with E-state index in [1.54, 1.807) is 0 Å². The van der Waals surface area contributed by atoms with E-state index in [1.807, 2.05) is 0 Å². The summed E-state index contributed by atoms with van der Waals surface area (Å²) in [7, 11) is 0. The Kier molecular flexibility index (Phi) is 2.54. The van der Waals surface area contributed by atoms with Gasteiger partial charge in [-0.05, 0) is 38.8 Å². The molecule has 13 heavy (non-hydrogen) atoms. The minimum Gasteiger partial charge on any atom is -0.358 e. The Balaban J connectivity index is 1.75. The largest absolute Gasteiger partial charge is 0.358 e. The van der Waals surface area contributed by atoms with Crippen LogP contribution in [0.1, 0.15) is 25.7 Å². The van der Waals surface area contributed by atoms with Crippen LogP contribution >= 0.6 is 0 Å². The van der Waals surface area contributed by atoms with Crippen LogP contribution in [0.3, 0.4) is 0 Å². The van der Waals surface area contributed by atoms with Gasteiger partial charge in [0.1, 0.15) is 0 Å². The standard InChI is InChI=1S/C10H18N2O/c13-9-11-7-10(3-4-10)8-12-5-1-2-6-12/h9H,1-8H2,(H,11,13). The van der Waals surface area contributed by atoms with E-state index >= 15 is 0 Å². The number of hydrogen-bond acceptors (Lipinski definition) is 2. The molecule has 0 radical (unpaired) electrons. The van der Waals surface area contributed by atoms with Gasteiger partial charge in [0.25, 0.3) is 0 Å². The molecular formula is C10H18N2O. The van der Waals surface area contributed by atoms with Crippen LogP contribution in [0.2, 0.25) is 0 Å². The lowest BCUT2D eigenvalue weighted by Gasteiger charge is -2.22. The van der Waals surface area contributed by atoms with Crippen LogP contribution in [0, 0.1) is 5.41 Å². The van der Waals surface area contributed by atoms with Crippen molar-refractivity contribution in [3.05, 3.63) is 0 Å². The molecule has 2 fully saturated rings. The summed E-state index contributed by atoms with van der Waals surface area (Å²) in [6.07, 6.45) is 6.13. The number of rotatable bonds is 5. The van der Waals surface area contributed by atoms with Gasteiger partial charge in [-0.15, -0.1) is 0 Å². The van der Waals surface area contributed by atoms with Crippen molar-refractivity contribution in [2.45, 2.75) is 25.7 Å². The molecule has 74 valence electrons. The SMILES string of the molecule is O=CNCC1(CN2CCCC2)CC1. The van der Waals surface area contributed by atoms with Crippen molar-refractivity contribution in [2.75, 3.05) is 26.2 Å². The maximum atomic E-state index is 10.2. The quantitative estimate of drug-likeness (QED) is 0.632. The van der Waals surface area contributed by atoms with Gasteiger partial charge in [0, 0.05) is 18.5 Å². The molecule has 1 saturated heterocycles. The minimum absolute atomic E-state index is 0.450. The first-order valence-electron chi connectivity index (χ1n) is 5.24. The Morgan fingerprint density at radius 2 is 2.00 bits per heavy atom. The average molecular weight is 182 g/mol. The molecule has 3 heteroatoms. The van der Waals surface area contributed by atoms with Crippen LogP contribution in [0.25, 0.3) is 0 Å². The van der Waals surface area contributed by atoms with Crippen molar-refractivity contribution in [2.24, 2.45) is 5.41 Å². The summed E-state index contributed by atoms with van der Waals surface area (Å²) in [6.45, 7) is 4.62. The first kappa shape index (κ1) is 9.00. The van der Waals surface area contributed by atoms with Crippen molar-refractivity contribution in [1.29, 1.82) is 0 Å². The molecule has 0 unspecified atom stereocenters. The molecular weight excluding hydrogens is 164 g/mol. The zero-order valence-corrected chi connectivity index (χ0v) is 8.09. The Morgan fingerprint density at radius 1 is 1.31 bits per heavy atom. The van der Waals surface area contributed by atoms with Crippen LogP contribution in [-0.2, 0) is 4.79 Å². The molecule has 1 saturated carbocycles. The van der Waals surface area contributed by atoms with E-state index in [0.29, 0.717) is 5.41 Å². The van der Waals surface area contributed by atoms with Crippen LogP contribution in [0.15, 0.2) is 0 Å². The van der Waals surface area contributed by atoms with Gasteiger partial charge < -0.3 is 10.2 Å². The predicted octanol–water partition coefficient (Wildman–Crippen LogP) is 0.608. The normalized spacial score (nSPS) is 25.8. The van der Waals surface area contributed by atoms with Gasteiger partial charge in [-0.1, -0.05) is 0 Å². The number of hydrogen-bond donors (Lipinski definition) is 1. The number of carbonyl (C=O) groups is 1. The van der Waals surface area contributed by atoms with Gasteiger partial charge in [-0.25, -0.2) is 0 Å². The number of likely N-dealkylation sites (tertiary alicyclic amines) is 1. The summed E-state index contributed by atoms with van der Waals surface area (Å²) >= 11 is 0. The van der Waals surface area contributed by atoms with Crippen molar-refractivity contribution in [3.8, 4) is 0 Å². The third-order valence-electron chi connectivity index (χ3n) is 3.28. The summed E-state index contributed by atoms with van der Waals surface area (Å²) < 4.78 is 0. The molecule has 0 bridgehead atoms. The Labute approximate surface area is 79.5 Å². The predicted molar refractivity (Wildman–Crippen MR) is 51.4 cm³/mol. The molecule has 0 aromatic rings. The Bertz CT molecular complexity index is 183. The average Bonchev–Trinajstić information content (AvgIpc) is 2.69. The third kappa shape index (κ3) is 2.21. The number of carbonyl (C=O) groups excluding carboxylic acids is 1. The fourth-order valence-corrected chi connectivity index (χ4v) is 2.24. The highest BCUT2D eigenvalue weighted by Gasteiger charge is 2.43. The molecule has 0 aromatic heterocycles. The summed E-state index contributed by atoms with van der Waals surface area (Å²) in [5.74, 6) is 0. The lowest BCUT2D eigenvalue weighted by Crippen LogP contribution is -2.34. The molecule has 1 amide bonds. The lowest BCUT2D eigenvalue weighted by atomic mass is 10.1. The first-order valence-corrected chi connectivity index (χ1v) is 5.24. The second-order valence-corrected chi connectivity index (χ2v) is 4.48. The maximum absolute atomic E-state index is 10.2. The molecule has 3 nitrogen and oxygen atoms in total. The fraction of sp³-hybridized carbons (Fsp3) is 0.900. The molecule has 1 aliphatic carbocycles. The van der Waals surface area contributed by atoms with E-state index < -0.39 is 0 Å². The molecule has 0 aromatic carbocycles. The van der Waals surface area contributed by atoms with E-state index in [-0.39, 0.29) is 0 Å². The van der Waals surface area contributed by atoms with Crippen molar-refractivity contribution < 1.29 is 4.79 Å². The van der Waals surface area contributed by atoms with Gasteiger partial charge in [0.2, 0.25) is 6.41 Å². The zero-order chi connectivity index (χ0) is 9.15. The van der Waals surface area contributed by atoms with Gasteiger partial charge >= 0.3 is 0 Å². The lowest BCUT2D eigenvalue weighted by molar-refractivity contribution is -0.109. The van der Waals surface area contributed by atoms with Gasteiger partial charge in [-0.2, -0.15) is 0 Å². The minimum atomic E-state index is 0.450. The zero-order valence-electron chi connectivity index (χ0n) is 8.09. The van der Waals surface area contributed by atoms with E-state index in [2.05, 4.69) is 10.2 Å². The van der Waals surface area contributed by atoms with Crippen LogP contribution in [0.4, 0.5) is 0 Å². The Morgan fingerprint density at radius 3 is 2.54 bits per heavy atom.